The maximum absolute atomic E-state index is 11.9. The lowest BCUT2D eigenvalue weighted by Gasteiger charge is -2.09. The Morgan fingerprint density at radius 2 is 1.47 bits per heavy atom. The van der Waals surface area contributed by atoms with E-state index < -0.39 is 11.2 Å². The second-order valence-electron chi connectivity index (χ2n) is 3.59. The molecule has 2 aromatic rings. The fraction of sp³-hybridized carbons (Fsp3) is 0.0714. The van der Waals surface area contributed by atoms with Crippen molar-refractivity contribution in [2.45, 2.75) is 4.90 Å². The van der Waals surface area contributed by atoms with E-state index in [4.69, 9.17) is 0 Å². The van der Waals surface area contributed by atoms with Crippen molar-refractivity contribution < 1.29 is 9.35 Å². The lowest BCUT2D eigenvalue weighted by molar-refractivity contribution is 0.102. The smallest absolute Gasteiger partial charge is 0.212 e. The molecule has 0 spiro atoms. The van der Waals surface area contributed by atoms with Gasteiger partial charge in [-0.25, -0.2) is 0 Å². The number of carbonyl (C=O) groups excluding carboxylic acids is 1. The minimum atomic E-state index is -1.26. The second-order valence-corrected chi connectivity index (χ2v) is 5.04. The Bertz CT molecular complexity index is 482. The highest BCUT2D eigenvalue weighted by molar-refractivity contribution is 7.92. The van der Waals surface area contributed by atoms with E-state index >= 15 is 0 Å². The van der Waals surface area contributed by atoms with E-state index in [9.17, 15) is 9.35 Å². The lowest BCUT2D eigenvalue weighted by atomic mass is 10.2. The summed E-state index contributed by atoms with van der Waals surface area (Å²) in [5.74, 6) is -0.0543. The molecule has 2 nitrogen and oxygen atoms in total. The van der Waals surface area contributed by atoms with Gasteiger partial charge in [0.1, 0.15) is 0 Å². The second kappa shape index (κ2) is 5.66. The van der Waals surface area contributed by atoms with Crippen LogP contribution in [0.15, 0.2) is 65.6 Å². The van der Waals surface area contributed by atoms with Crippen LogP contribution in [0.25, 0.3) is 0 Å². The van der Waals surface area contributed by atoms with Crippen molar-refractivity contribution in [1.82, 2.24) is 0 Å². The van der Waals surface area contributed by atoms with Gasteiger partial charge in [-0.05, 0) is 23.3 Å². The zero-order chi connectivity index (χ0) is 12.1. The summed E-state index contributed by atoms with van der Waals surface area (Å²) >= 11 is -1.26. The summed E-state index contributed by atoms with van der Waals surface area (Å²) in [6, 6.07) is 18.0. The van der Waals surface area contributed by atoms with Crippen LogP contribution in [0.5, 0.6) is 0 Å². The van der Waals surface area contributed by atoms with E-state index in [1.807, 2.05) is 24.3 Å². The molecular formula is C14H12O2S. The molecule has 86 valence electrons. The molecule has 1 unspecified atom stereocenters. The number of hydrogen-bond acceptors (Lipinski definition) is 2. The minimum Gasteiger partial charge on any atom is -0.611 e. The Kier molecular flexibility index (Phi) is 3.96. The highest BCUT2D eigenvalue weighted by Gasteiger charge is 2.16. The first-order valence-electron chi connectivity index (χ1n) is 5.29. The van der Waals surface area contributed by atoms with Crippen molar-refractivity contribution >= 4 is 17.0 Å². The summed E-state index contributed by atoms with van der Waals surface area (Å²) in [4.78, 5) is 12.5. The third-order valence-electron chi connectivity index (χ3n) is 2.36. The SMILES string of the molecule is O=C(C[S+]([O-])c1ccccc1)c1ccccc1. The summed E-state index contributed by atoms with van der Waals surface area (Å²) in [5, 5.41) is 0. The van der Waals surface area contributed by atoms with Gasteiger partial charge in [-0.1, -0.05) is 48.5 Å². The Balaban J connectivity index is 2.05. The fourth-order valence-corrected chi connectivity index (χ4v) is 2.51. The van der Waals surface area contributed by atoms with E-state index in [0.29, 0.717) is 10.5 Å². The third-order valence-corrected chi connectivity index (χ3v) is 3.69. The molecule has 0 aliphatic rings. The molecule has 2 aromatic carbocycles. The molecule has 17 heavy (non-hydrogen) atoms. The first-order valence-corrected chi connectivity index (χ1v) is 6.61. The number of ketones is 1. The largest absolute Gasteiger partial charge is 0.611 e. The standard InChI is InChI=1S/C14H12O2S/c15-14(12-7-3-1-4-8-12)11-17(16)13-9-5-2-6-10-13/h1-10H,11H2. The zero-order valence-electron chi connectivity index (χ0n) is 9.21. The Labute approximate surface area is 103 Å². The van der Waals surface area contributed by atoms with Crippen molar-refractivity contribution in [2.24, 2.45) is 0 Å². The molecule has 0 aliphatic heterocycles. The van der Waals surface area contributed by atoms with Gasteiger partial charge in [0, 0.05) is 5.56 Å². The van der Waals surface area contributed by atoms with Gasteiger partial charge in [0.25, 0.3) is 0 Å². The molecule has 3 heteroatoms. The van der Waals surface area contributed by atoms with E-state index in [0.717, 1.165) is 0 Å². The molecule has 0 amide bonds. The molecule has 0 radical (unpaired) electrons. The number of rotatable bonds is 4. The quantitative estimate of drug-likeness (QED) is 0.613. The summed E-state index contributed by atoms with van der Waals surface area (Å²) in [6.45, 7) is 0. The Hall–Kier alpha value is -1.58. The highest BCUT2D eigenvalue weighted by Crippen LogP contribution is 2.12. The van der Waals surface area contributed by atoms with Crippen LogP contribution in [0, 0.1) is 0 Å². The summed E-state index contributed by atoms with van der Waals surface area (Å²) in [5.41, 5.74) is 0.608. The van der Waals surface area contributed by atoms with Crippen LogP contribution in [-0.2, 0) is 11.2 Å². The van der Waals surface area contributed by atoms with Gasteiger partial charge < -0.3 is 4.55 Å². The van der Waals surface area contributed by atoms with Crippen LogP contribution in [0.1, 0.15) is 10.4 Å². The molecule has 0 N–H and O–H groups in total. The number of Topliss-reactive ketones (excluding diaryl/α,β-unsaturated/α-hetero) is 1. The lowest BCUT2D eigenvalue weighted by Crippen LogP contribution is -2.16. The van der Waals surface area contributed by atoms with Gasteiger partial charge in [-0.2, -0.15) is 0 Å². The van der Waals surface area contributed by atoms with Gasteiger partial charge >= 0.3 is 0 Å². The average molecular weight is 244 g/mol. The molecule has 0 aromatic heterocycles. The van der Waals surface area contributed by atoms with Crippen LogP contribution >= 0.6 is 0 Å². The maximum Gasteiger partial charge on any atom is 0.212 e. The average Bonchev–Trinajstić information content (AvgIpc) is 2.40. The molecule has 1 atom stereocenters. The van der Waals surface area contributed by atoms with Crippen molar-refractivity contribution in [1.29, 1.82) is 0 Å². The fourth-order valence-electron chi connectivity index (χ4n) is 1.48. The number of hydrogen-bond donors (Lipinski definition) is 0. The van der Waals surface area contributed by atoms with Gasteiger partial charge in [0.05, 0.1) is 0 Å². The van der Waals surface area contributed by atoms with Gasteiger partial charge in [-0.15, -0.1) is 0 Å². The van der Waals surface area contributed by atoms with Crippen LogP contribution in [0.4, 0.5) is 0 Å². The molecule has 0 heterocycles. The zero-order valence-corrected chi connectivity index (χ0v) is 10.0. The summed E-state index contributed by atoms with van der Waals surface area (Å²) in [7, 11) is 0. The van der Waals surface area contributed by atoms with Gasteiger partial charge in [0.2, 0.25) is 5.78 Å². The predicted octanol–water partition coefficient (Wildman–Crippen LogP) is 2.68. The predicted molar refractivity (Wildman–Crippen MR) is 68.5 cm³/mol. The molecule has 0 fully saturated rings. The van der Waals surface area contributed by atoms with E-state index in [1.54, 1.807) is 36.4 Å². The normalized spacial score (nSPS) is 12.1. The summed E-state index contributed by atoms with van der Waals surface area (Å²) in [6.07, 6.45) is 0. The highest BCUT2D eigenvalue weighted by atomic mass is 32.2. The molecule has 2 rings (SSSR count). The molecule has 0 bridgehead atoms. The number of benzene rings is 2. The third kappa shape index (κ3) is 3.19. The maximum atomic E-state index is 11.9. The van der Waals surface area contributed by atoms with Crippen molar-refractivity contribution in [3.63, 3.8) is 0 Å². The van der Waals surface area contributed by atoms with Crippen molar-refractivity contribution in [3.05, 3.63) is 66.2 Å². The summed E-state index contributed by atoms with van der Waals surface area (Å²) < 4.78 is 11.9. The van der Waals surface area contributed by atoms with E-state index in [2.05, 4.69) is 0 Å². The number of carbonyl (C=O) groups is 1. The van der Waals surface area contributed by atoms with E-state index in [-0.39, 0.29) is 11.5 Å². The molecule has 0 aliphatic carbocycles. The first-order chi connectivity index (χ1) is 8.27. The van der Waals surface area contributed by atoms with Gasteiger partial charge in [-0.3, -0.25) is 4.79 Å². The first kappa shape index (κ1) is 11.9. The molecular weight excluding hydrogens is 232 g/mol. The van der Waals surface area contributed by atoms with Crippen molar-refractivity contribution in [3.8, 4) is 0 Å². The minimum absolute atomic E-state index is 0.0357. The van der Waals surface area contributed by atoms with E-state index in [1.165, 1.54) is 0 Å². The van der Waals surface area contributed by atoms with Crippen LogP contribution in [0.3, 0.4) is 0 Å². The molecule has 0 saturated heterocycles. The van der Waals surface area contributed by atoms with Crippen molar-refractivity contribution in [2.75, 3.05) is 5.75 Å². The Morgan fingerprint density at radius 3 is 2.06 bits per heavy atom. The van der Waals surface area contributed by atoms with Crippen LogP contribution in [-0.4, -0.2) is 16.1 Å². The molecule has 0 saturated carbocycles. The monoisotopic (exact) mass is 244 g/mol. The van der Waals surface area contributed by atoms with Crippen LogP contribution in [0.2, 0.25) is 0 Å². The van der Waals surface area contributed by atoms with Gasteiger partial charge in [0.15, 0.2) is 10.6 Å². The van der Waals surface area contributed by atoms with Crippen LogP contribution < -0.4 is 0 Å². The Morgan fingerprint density at radius 1 is 0.941 bits per heavy atom. The topological polar surface area (TPSA) is 40.1 Å².